The molecular formula is C18H15F3N2OS. The first-order valence-electron chi connectivity index (χ1n) is 7.93. The van der Waals surface area contributed by atoms with Crippen LogP contribution < -0.4 is 5.32 Å². The molecule has 130 valence electrons. The normalized spacial score (nSPS) is 14.3. The summed E-state index contributed by atoms with van der Waals surface area (Å²) in [6.45, 7) is 0. The third-order valence-corrected chi connectivity index (χ3v) is 5.42. The molecule has 1 heterocycles. The van der Waals surface area contributed by atoms with Crippen LogP contribution in [0.2, 0.25) is 0 Å². The van der Waals surface area contributed by atoms with Crippen LogP contribution in [-0.2, 0) is 19.0 Å². The molecule has 0 unspecified atom stereocenters. The molecule has 0 saturated carbocycles. The molecule has 1 aromatic carbocycles. The fraction of sp³-hybridized carbons (Fsp3) is 0.333. The largest absolute Gasteiger partial charge is 0.416 e. The number of hydrogen-bond donors (Lipinski definition) is 1. The molecule has 7 heteroatoms. The third-order valence-electron chi connectivity index (χ3n) is 4.21. The summed E-state index contributed by atoms with van der Waals surface area (Å²) in [5, 5.41) is 12.5. The molecule has 0 aliphatic heterocycles. The number of alkyl halides is 3. The zero-order valence-electron chi connectivity index (χ0n) is 13.2. The van der Waals surface area contributed by atoms with Crippen LogP contribution in [0.3, 0.4) is 0 Å². The number of carbonyl (C=O) groups excluding carboxylic acids is 1. The van der Waals surface area contributed by atoms with Crippen LogP contribution in [-0.4, -0.2) is 5.91 Å². The SMILES string of the molecule is N#Cc1c(NC(=O)c2cccc(C(F)(F)F)c2)sc2c1CCCCC2. The van der Waals surface area contributed by atoms with Gasteiger partial charge in [-0.2, -0.15) is 18.4 Å². The number of carbonyl (C=O) groups is 1. The van der Waals surface area contributed by atoms with Crippen LogP contribution in [0, 0.1) is 11.3 Å². The Kier molecular flexibility index (Phi) is 4.82. The number of anilines is 1. The highest BCUT2D eigenvalue weighted by Crippen LogP contribution is 2.37. The summed E-state index contributed by atoms with van der Waals surface area (Å²) in [7, 11) is 0. The summed E-state index contributed by atoms with van der Waals surface area (Å²) in [5.74, 6) is -0.640. The van der Waals surface area contributed by atoms with Crippen LogP contribution in [0.1, 0.15) is 51.2 Å². The first kappa shape index (κ1) is 17.5. The van der Waals surface area contributed by atoms with Crippen molar-refractivity contribution >= 4 is 22.2 Å². The number of nitrogens with one attached hydrogen (secondary N) is 1. The summed E-state index contributed by atoms with van der Waals surface area (Å²) >= 11 is 1.36. The lowest BCUT2D eigenvalue weighted by Gasteiger charge is -2.09. The number of fused-ring (bicyclic) bond motifs is 1. The van der Waals surface area contributed by atoms with Gasteiger partial charge >= 0.3 is 6.18 Å². The van der Waals surface area contributed by atoms with Crippen LogP contribution in [0.4, 0.5) is 18.2 Å². The summed E-state index contributed by atoms with van der Waals surface area (Å²) in [6.07, 6.45) is 0.313. The molecule has 0 fully saturated rings. The van der Waals surface area contributed by atoms with E-state index in [-0.39, 0.29) is 5.56 Å². The Bertz CT molecular complexity index is 849. The summed E-state index contributed by atoms with van der Waals surface area (Å²) in [5.41, 5.74) is 0.469. The van der Waals surface area contributed by atoms with Crippen LogP contribution in [0.25, 0.3) is 0 Å². The quantitative estimate of drug-likeness (QED) is 0.749. The second kappa shape index (κ2) is 6.89. The van der Waals surface area contributed by atoms with Crippen molar-refractivity contribution in [3.05, 3.63) is 51.4 Å². The maximum atomic E-state index is 12.8. The van der Waals surface area contributed by atoms with E-state index in [2.05, 4.69) is 11.4 Å². The van der Waals surface area contributed by atoms with E-state index in [1.54, 1.807) is 0 Å². The van der Waals surface area contributed by atoms with Gasteiger partial charge < -0.3 is 5.32 Å². The molecule has 1 aromatic heterocycles. The molecule has 0 saturated heterocycles. The summed E-state index contributed by atoms with van der Waals surface area (Å²) < 4.78 is 38.4. The average molecular weight is 364 g/mol. The highest BCUT2D eigenvalue weighted by atomic mass is 32.1. The Balaban J connectivity index is 1.88. The van der Waals surface area contributed by atoms with Gasteiger partial charge in [0.05, 0.1) is 11.1 Å². The zero-order chi connectivity index (χ0) is 18.0. The highest BCUT2D eigenvalue weighted by Gasteiger charge is 2.31. The van der Waals surface area contributed by atoms with E-state index in [4.69, 9.17) is 0 Å². The number of aryl methyl sites for hydroxylation is 1. The molecule has 0 spiro atoms. The van der Waals surface area contributed by atoms with Crippen LogP contribution >= 0.6 is 11.3 Å². The van der Waals surface area contributed by atoms with Crippen molar-refractivity contribution in [3.8, 4) is 6.07 Å². The monoisotopic (exact) mass is 364 g/mol. The first-order chi connectivity index (χ1) is 11.9. The fourth-order valence-corrected chi connectivity index (χ4v) is 4.20. The van der Waals surface area contributed by atoms with E-state index < -0.39 is 17.6 Å². The number of nitriles is 1. The molecule has 1 aliphatic carbocycles. The highest BCUT2D eigenvalue weighted by molar-refractivity contribution is 7.16. The zero-order valence-corrected chi connectivity index (χ0v) is 14.1. The van der Waals surface area contributed by atoms with Gasteiger partial charge in [-0.25, -0.2) is 0 Å². The predicted octanol–water partition coefficient (Wildman–Crippen LogP) is 5.16. The van der Waals surface area contributed by atoms with E-state index in [1.165, 1.54) is 23.5 Å². The number of thiophene rings is 1. The van der Waals surface area contributed by atoms with E-state index in [0.717, 1.165) is 54.7 Å². The number of benzene rings is 1. The number of rotatable bonds is 2. The fourth-order valence-electron chi connectivity index (χ4n) is 2.96. The minimum absolute atomic E-state index is 0.0812. The Hall–Kier alpha value is -2.33. The van der Waals surface area contributed by atoms with Crippen LogP contribution in [0.15, 0.2) is 24.3 Å². The molecule has 3 rings (SSSR count). The number of halogens is 3. The molecular weight excluding hydrogens is 349 g/mol. The molecule has 3 nitrogen and oxygen atoms in total. The first-order valence-corrected chi connectivity index (χ1v) is 8.75. The van der Waals surface area contributed by atoms with E-state index >= 15 is 0 Å². The van der Waals surface area contributed by atoms with E-state index in [9.17, 15) is 23.2 Å². The summed E-state index contributed by atoms with van der Waals surface area (Å²) in [4.78, 5) is 13.5. The molecule has 25 heavy (non-hydrogen) atoms. The van der Waals surface area contributed by atoms with E-state index in [1.807, 2.05) is 0 Å². The maximum Gasteiger partial charge on any atom is 0.416 e. The second-order valence-electron chi connectivity index (χ2n) is 5.91. The Labute approximate surface area is 147 Å². The summed E-state index contributed by atoms with van der Waals surface area (Å²) in [6, 6.07) is 6.41. The van der Waals surface area contributed by atoms with Gasteiger partial charge in [0, 0.05) is 10.4 Å². The van der Waals surface area contributed by atoms with Gasteiger partial charge in [-0.1, -0.05) is 12.5 Å². The van der Waals surface area contributed by atoms with Crippen molar-refractivity contribution < 1.29 is 18.0 Å². The van der Waals surface area contributed by atoms with E-state index in [0.29, 0.717) is 10.6 Å². The van der Waals surface area contributed by atoms with Crippen LogP contribution in [0.5, 0.6) is 0 Å². The number of hydrogen-bond acceptors (Lipinski definition) is 3. The maximum absolute atomic E-state index is 12.8. The third kappa shape index (κ3) is 3.69. The number of nitrogens with zero attached hydrogens (tertiary/aromatic N) is 1. The van der Waals surface area contributed by atoms with Gasteiger partial charge in [0.15, 0.2) is 0 Å². The van der Waals surface area contributed by atoms with Crippen molar-refractivity contribution in [2.75, 3.05) is 5.32 Å². The number of amides is 1. The molecule has 1 N–H and O–H groups in total. The Morgan fingerprint density at radius 3 is 2.68 bits per heavy atom. The lowest BCUT2D eigenvalue weighted by Crippen LogP contribution is -2.14. The Morgan fingerprint density at radius 2 is 1.96 bits per heavy atom. The second-order valence-corrected chi connectivity index (χ2v) is 7.02. The molecule has 0 radical (unpaired) electrons. The van der Waals surface area contributed by atoms with Crippen molar-refractivity contribution in [1.29, 1.82) is 5.26 Å². The van der Waals surface area contributed by atoms with Gasteiger partial charge in [-0.05, 0) is 49.4 Å². The van der Waals surface area contributed by atoms with Gasteiger partial charge in [0.2, 0.25) is 0 Å². The lowest BCUT2D eigenvalue weighted by molar-refractivity contribution is -0.137. The Morgan fingerprint density at radius 1 is 1.20 bits per heavy atom. The average Bonchev–Trinajstić information content (AvgIpc) is 2.74. The molecule has 1 amide bonds. The van der Waals surface area contributed by atoms with Gasteiger partial charge in [-0.15, -0.1) is 11.3 Å². The smallest absolute Gasteiger partial charge is 0.312 e. The van der Waals surface area contributed by atoms with Crippen molar-refractivity contribution in [2.45, 2.75) is 38.3 Å². The minimum Gasteiger partial charge on any atom is -0.312 e. The van der Waals surface area contributed by atoms with Gasteiger partial charge in [-0.3, -0.25) is 4.79 Å². The van der Waals surface area contributed by atoms with Crippen molar-refractivity contribution in [1.82, 2.24) is 0 Å². The van der Waals surface area contributed by atoms with Crippen molar-refractivity contribution in [2.24, 2.45) is 0 Å². The van der Waals surface area contributed by atoms with Gasteiger partial charge in [0.1, 0.15) is 11.1 Å². The lowest BCUT2D eigenvalue weighted by atomic mass is 10.1. The predicted molar refractivity (Wildman–Crippen MR) is 89.7 cm³/mol. The molecule has 1 aliphatic rings. The standard InChI is InChI=1S/C18H15F3N2OS/c19-18(20,21)12-6-4-5-11(9-12)16(24)23-17-14(10-22)13-7-2-1-3-8-15(13)25-17/h4-6,9H,1-3,7-8H2,(H,23,24). The topological polar surface area (TPSA) is 52.9 Å². The molecule has 0 bridgehead atoms. The van der Waals surface area contributed by atoms with Crippen molar-refractivity contribution in [3.63, 3.8) is 0 Å². The minimum atomic E-state index is -4.51. The molecule has 2 aromatic rings. The van der Waals surface area contributed by atoms with Gasteiger partial charge in [0.25, 0.3) is 5.91 Å². The molecule has 0 atom stereocenters.